The van der Waals surface area contributed by atoms with Crippen molar-refractivity contribution in [2.75, 3.05) is 6.54 Å². The first kappa shape index (κ1) is 33.1. The van der Waals surface area contributed by atoms with Gasteiger partial charge in [-0.15, -0.1) is 0 Å². The minimum atomic E-state index is -4.20. The fourth-order valence-electron chi connectivity index (χ4n) is 3.59. The predicted octanol–water partition coefficient (Wildman–Crippen LogP) is 2.15. The summed E-state index contributed by atoms with van der Waals surface area (Å²) >= 11 is 0. The molecule has 3 amide bonds. The fraction of sp³-hybridized carbons (Fsp3) is 0.500. The van der Waals surface area contributed by atoms with Crippen molar-refractivity contribution in [3.63, 3.8) is 0 Å². The number of oxazole rings is 1. The molecule has 0 aliphatic rings. The number of rotatable bonds is 13. The number of nitrogens with zero attached hydrogens (tertiary/aromatic N) is 1. The molecule has 14 nitrogen and oxygen atoms in total. The Kier molecular flexibility index (Phi) is 11.7. The van der Waals surface area contributed by atoms with Crippen LogP contribution in [0.2, 0.25) is 0 Å². The van der Waals surface area contributed by atoms with E-state index in [9.17, 15) is 22.8 Å². The topological polar surface area (TPSA) is 219 Å². The van der Waals surface area contributed by atoms with Crippen LogP contribution in [-0.4, -0.2) is 55.5 Å². The summed E-state index contributed by atoms with van der Waals surface area (Å²) in [5.41, 5.74) is 4.38. The number of nitrogens with one attached hydrogen (secondary N) is 5. The second-order valence-electron chi connectivity index (χ2n) is 10.7. The summed E-state index contributed by atoms with van der Waals surface area (Å²) in [6.07, 6.45) is 1.13. The van der Waals surface area contributed by atoms with Crippen LogP contribution in [0.5, 0.6) is 0 Å². The summed E-state index contributed by atoms with van der Waals surface area (Å²) in [4.78, 5) is 42.5. The Bertz CT molecular complexity index is 1300. The Morgan fingerprint density at radius 1 is 1.12 bits per heavy atom. The molecule has 2 rings (SSSR count). The van der Waals surface area contributed by atoms with Gasteiger partial charge in [-0.05, 0) is 58.1 Å². The van der Waals surface area contributed by atoms with E-state index in [1.54, 1.807) is 26.8 Å². The third kappa shape index (κ3) is 11.5. The fourth-order valence-corrected chi connectivity index (χ4v) is 4.63. The van der Waals surface area contributed by atoms with E-state index in [0.29, 0.717) is 6.42 Å². The highest BCUT2D eigenvalue weighted by molar-refractivity contribution is 7.90. The van der Waals surface area contributed by atoms with Crippen LogP contribution in [0.25, 0.3) is 0 Å². The van der Waals surface area contributed by atoms with Gasteiger partial charge < -0.3 is 30.8 Å². The smallest absolute Gasteiger partial charge is 0.408 e. The molecule has 0 aliphatic heterocycles. The lowest BCUT2D eigenvalue weighted by Gasteiger charge is -2.23. The van der Waals surface area contributed by atoms with Gasteiger partial charge in [-0.25, -0.2) is 22.9 Å². The molecule has 1 heterocycles. The van der Waals surface area contributed by atoms with E-state index in [0.717, 1.165) is 6.26 Å². The van der Waals surface area contributed by atoms with Gasteiger partial charge in [0.15, 0.2) is 11.7 Å². The lowest BCUT2D eigenvalue weighted by Crippen LogP contribution is -2.48. The molecule has 41 heavy (non-hydrogen) atoms. The molecule has 0 fully saturated rings. The van der Waals surface area contributed by atoms with Crippen LogP contribution in [-0.2, 0) is 19.6 Å². The molecule has 0 saturated heterocycles. The Morgan fingerprint density at radius 2 is 1.78 bits per heavy atom. The summed E-state index contributed by atoms with van der Waals surface area (Å²) in [6.45, 7) is 9.27. The summed E-state index contributed by atoms with van der Waals surface area (Å²) < 4.78 is 38.2. The third-order valence-electron chi connectivity index (χ3n) is 5.35. The summed E-state index contributed by atoms with van der Waals surface area (Å²) in [5, 5.41) is 15.0. The molecule has 7 N–H and O–H groups in total. The molecule has 0 bridgehead atoms. The number of amides is 3. The molecule has 2 atom stereocenters. The highest BCUT2D eigenvalue weighted by Gasteiger charge is 2.29. The maximum atomic E-state index is 13.1. The monoisotopic (exact) mass is 593 g/mol. The molecular weight excluding hydrogens is 554 g/mol. The number of ether oxygens (including phenoxy) is 1. The number of aromatic nitrogens is 1. The SMILES string of the molecule is CC(C)CC(NC(=O)OC(C)(C)C)c1nc(C(=O)N[C@@H](CCCNC(=N)N)C(=O)NS(=O)(=O)c2ccccc2)co1. The van der Waals surface area contributed by atoms with E-state index in [4.69, 9.17) is 20.3 Å². The number of sulfonamides is 1. The van der Waals surface area contributed by atoms with Gasteiger partial charge in [-0.2, -0.15) is 0 Å². The molecular formula is C26H39N7O7S. The van der Waals surface area contributed by atoms with Crippen LogP contribution in [0.4, 0.5) is 4.79 Å². The van der Waals surface area contributed by atoms with Gasteiger partial charge in [-0.1, -0.05) is 32.0 Å². The van der Waals surface area contributed by atoms with E-state index in [2.05, 4.69) is 20.9 Å². The summed E-state index contributed by atoms with van der Waals surface area (Å²) in [5.74, 6) is -1.83. The molecule has 1 unspecified atom stereocenters. The molecule has 1 aromatic carbocycles. The van der Waals surface area contributed by atoms with Crippen molar-refractivity contribution in [3.05, 3.63) is 48.2 Å². The number of hydrogen-bond donors (Lipinski definition) is 6. The Hall–Kier alpha value is -4.14. The van der Waals surface area contributed by atoms with Crippen LogP contribution < -0.4 is 26.4 Å². The Balaban J connectivity index is 2.20. The van der Waals surface area contributed by atoms with E-state index in [1.807, 2.05) is 18.6 Å². The van der Waals surface area contributed by atoms with Crippen molar-refractivity contribution in [3.8, 4) is 0 Å². The average molecular weight is 594 g/mol. The minimum Gasteiger partial charge on any atom is -0.446 e. The van der Waals surface area contributed by atoms with E-state index in [-0.39, 0.29) is 47.7 Å². The zero-order valence-electron chi connectivity index (χ0n) is 23.8. The van der Waals surface area contributed by atoms with E-state index in [1.165, 1.54) is 24.3 Å². The van der Waals surface area contributed by atoms with Gasteiger partial charge in [0.1, 0.15) is 23.9 Å². The molecule has 0 spiro atoms. The van der Waals surface area contributed by atoms with Crippen molar-refractivity contribution in [2.45, 2.75) is 76.5 Å². The molecule has 0 saturated carbocycles. The zero-order valence-corrected chi connectivity index (χ0v) is 24.6. The van der Waals surface area contributed by atoms with Crippen molar-refractivity contribution in [1.29, 1.82) is 5.41 Å². The summed E-state index contributed by atoms with van der Waals surface area (Å²) in [6, 6.07) is 5.34. The Labute approximate surface area is 239 Å². The molecule has 1 aromatic heterocycles. The standard InChI is InChI=1S/C26H39N7O7S/c1-16(2)14-19(32-25(36)40-26(3,4)5)23-31-20(15-39-23)21(34)30-18(12-9-13-29-24(27)28)22(35)33-41(37,38)17-10-7-6-8-11-17/h6-8,10-11,15-16,18-19H,9,12-14H2,1-5H3,(H,30,34)(H,32,36)(H,33,35)(H4,27,28,29)/t18-,19?/m0/s1. The molecule has 226 valence electrons. The number of carbonyl (C=O) groups excluding carboxylic acids is 3. The van der Waals surface area contributed by atoms with Gasteiger partial charge in [0.05, 0.1) is 4.90 Å². The summed E-state index contributed by atoms with van der Waals surface area (Å²) in [7, 11) is -4.20. The number of nitrogens with two attached hydrogens (primary N) is 1. The van der Waals surface area contributed by atoms with Crippen LogP contribution >= 0.6 is 0 Å². The predicted molar refractivity (Wildman–Crippen MR) is 150 cm³/mol. The van der Waals surface area contributed by atoms with E-state index < -0.39 is 45.6 Å². The lowest BCUT2D eigenvalue weighted by molar-refractivity contribution is -0.121. The van der Waals surface area contributed by atoms with Gasteiger partial charge in [0.25, 0.3) is 21.8 Å². The van der Waals surface area contributed by atoms with Gasteiger partial charge in [0, 0.05) is 6.54 Å². The molecule has 0 aliphatic carbocycles. The third-order valence-corrected chi connectivity index (χ3v) is 6.71. The maximum absolute atomic E-state index is 13.1. The number of carbonyl (C=O) groups is 3. The lowest BCUT2D eigenvalue weighted by atomic mass is 10.0. The number of benzene rings is 1. The maximum Gasteiger partial charge on any atom is 0.408 e. The second-order valence-corrected chi connectivity index (χ2v) is 12.4. The van der Waals surface area contributed by atoms with Crippen LogP contribution in [0.3, 0.4) is 0 Å². The van der Waals surface area contributed by atoms with Crippen molar-refractivity contribution < 1.29 is 32.0 Å². The zero-order chi connectivity index (χ0) is 30.8. The molecule has 15 heteroatoms. The second kappa shape index (κ2) is 14.5. The number of guanidine groups is 1. The first-order chi connectivity index (χ1) is 19.1. The van der Waals surface area contributed by atoms with Gasteiger partial charge in [0.2, 0.25) is 5.89 Å². The van der Waals surface area contributed by atoms with E-state index >= 15 is 0 Å². The van der Waals surface area contributed by atoms with Crippen molar-refractivity contribution >= 4 is 33.9 Å². The highest BCUT2D eigenvalue weighted by atomic mass is 32.2. The normalized spacial score (nSPS) is 13.1. The number of alkyl carbamates (subject to hydrolysis) is 1. The number of hydrogen-bond acceptors (Lipinski definition) is 9. The Morgan fingerprint density at radius 3 is 2.37 bits per heavy atom. The molecule has 0 radical (unpaired) electrons. The quantitative estimate of drug-likeness (QED) is 0.113. The highest BCUT2D eigenvalue weighted by Crippen LogP contribution is 2.22. The van der Waals surface area contributed by atoms with Crippen molar-refractivity contribution in [1.82, 2.24) is 25.7 Å². The van der Waals surface area contributed by atoms with Crippen LogP contribution in [0.15, 0.2) is 45.9 Å². The minimum absolute atomic E-state index is 0.0169. The average Bonchev–Trinajstić information content (AvgIpc) is 3.34. The van der Waals surface area contributed by atoms with Crippen molar-refractivity contribution in [2.24, 2.45) is 11.7 Å². The first-order valence-electron chi connectivity index (χ1n) is 13.0. The van der Waals surface area contributed by atoms with Gasteiger partial charge in [-0.3, -0.25) is 15.0 Å². The van der Waals surface area contributed by atoms with Crippen LogP contribution in [0.1, 0.15) is 76.3 Å². The first-order valence-corrected chi connectivity index (χ1v) is 14.5. The van der Waals surface area contributed by atoms with Gasteiger partial charge >= 0.3 is 6.09 Å². The van der Waals surface area contributed by atoms with Crippen LogP contribution in [0, 0.1) is 11.3 Å². The molecule has 2 aromatic rings. The largest absolute Gasteiger partial charge is 0.446 e.